The lowest BCUT2D eigenvalue weighted by molar-refractivity contribution is -0.145. The first kappa shape index (κ1) is 18.9. The zero-order valence-electron chi connectivity index (χ0n) is 14.5. The van der Waals surface area contributed by atoms with Crippen molar-refractivity contribution in [2.24, 2.45) is 0 Å². The van der Waals surface area contributed by atoms with Crippen molar-refractivity contribution in [2.75, 3.05) is 6.61 Å². The lowest BCUT2D eigenvalue weighted by atomic mass is 10.2. The van der Waals surface area contributed by atoms with E-state index in [0.717, 1.165) is 17.8 Å². The fourth-order valence-corrected chi connectivity index (χ4v) is 1.83. The Morgan fingerprint density at radius 2 is 2.00 bits per heavy atom. The number of alkyl carbamates (subject to hydrolysis) is 1. The van der Waals surface area contributed by atoms with Crippen LogP contribution in [-0.2, 0) is 20.7 Å². The minimum atomic E-state index is -0.748. The molecule has 6 heteroatoms. The first-order valence-electron chi connectivity index (χ1n) is 7.76. The SMILES string of the molecule is Cc1cccc(CCCOC(=O)C(C)NC(=O)OC(C)(C)C)n1. The Bertz CT molecular complexity index is 538. The molecule has 0 saturated carbocycles. The van der Waals surface area contributed by atoms with Crippen LogP contribution in [0.5, 0.6) is 0 Å². The van der Waals surface area contributed by atoms with E-state index < -0.39 is 23.7 Å². The fraction of sp³-hybridized carbons (Fsp3) is 0.588. The molecule has 1 atom stereocenters. The number of carbonyl (C=O) groups excluding carboxylic acids is 2. The van der Waals surface area contributed by atoms with Gasteiger partial charge in [-0.3, -0.25) is 4.98 Å². The van der Waals surface area contributed by atoms with Gasteiger partial charge in [0.15, 0.2) is 0 Å². The second-order valence-corrected chi connectivity index (χ2v) is 6.41. The number of hydrogen-bond donors (Lipinski definition) is 1. The fourth-order valence-electron chi connectivity index (χ4n) is 1.83. The van der Waals surface area contributed by atoms with Crippen LogP contribution < -0.4 is 5.32 Å². The van der Waals surface area contributed by atoms with E-state index in [1.165, 1.54) is 0 Å². The molecule has 1 heterocycles. The maximum absolute atomic E-state index is 11.8. The standard InChI is InChI=1S/C17H26N2O4/c1-12-8-6-9-14(18-12)10-7-11-22-15(20)13(2)19-16(21)23-17(3,4)5/h6,8-9,13H,7,10-11H2,1-5H3,(H,19,21). The van der Waals surface area contributed by atoms with Gasteiger partial charge in [-0.2, -0.15) is 0 Å². The zero-order chi connectivity index (χ0) is 17.5. The monoisotopic (exact) mass is 322 g/mol. The number of aryl methyl sites for hydroxylation is 2. The first-order valence-corrected chi connectivity index (χ1v) is 7.76. The lowest BCUT2D eigenvalue weighted by Gasteiger charge is -2.21. The number of carbonyl (C=O) groups is 2. The number of nitrogens with zero attached hydrogens (tertiary/aromatic N) is 1. The summed E-state index contributed by atoms with van der Waals surface area (Å²) in [4.78, 5) is 27.8. The summed E-state index contributed by atoms with van der Waals surface area (Å²) in [5.74, 6) is -0.479. The van der Waals surface area contributed by atoms with E-state index in [2.05, 4.69) is 10.3 Å². The number of amides is 1. The molecular formula is C17H26N2O4. The minimum absolute atomic E-state index is 0.287. The molecule has 0 aliphatic carbocycles. The summed E-state index contributed by atoms with van der Waals surface area (Å²) in [6, 6.07) is 5.09. The van der Waals surface area contributed by atoms with E-state index in [1.807, 2.05) is 25.1 Å². The number of pyridine rings is 1. The molecule has 1 aromatic rings. The van der Waals surface area contributed by atoms with Gasteiger partial charge in [-0.05, 0) is 59.6 Å². The summed E-state index contributed by atoms with van der Waals surface area (Å²) in [5.41, 5.74) is 1.34. The van der Waals surface area contributed by atoms with E-state index in [9.17, 15) is 9.59 Å². The molecule has 0 aliphatic heterocycles. The van der Waals surface area contributed by atoms with Gasteiger partial charge >= 0.3 is 12.1 Å². The molecular weight excluding hydrogens is 296 g/mol. The number of nitrogens with one attached hydrogen (secondary N) is 1. The van der Waals surface area contributed by atoms with Crippen LogP contribution in [0.2, 0.25) is 0 Å². The molecule has 0 spiro atoms. The van der Waals surface area contributed by atoms with Gasteiger partial charge in [-0.1, -0.05) is 6.07 Å². The van der Waals surface area contributed by atoms with Crippen molar-refractivity contribution < 1.29 is 19.1 Å². The van der Waals surface area contributed by atoms with Crippen LogP contribution in [0, 0.1) is 6.92 Å². The summed E-state index contributed by atoms with van der Waals surface area (Å²) < 4.78 is 10.2. The third kappa shape index (κ3) is 8.18. The van der Waals surface area contributed by atoms with Crippen LogP contribution in [0.4, 0.5) is 4.79 Å². The molecule has 1 rings (SSSR count). The number of esters is 1. The van der Waals surface area contributed by atoms with E-state index in [4.69, 9.17) is 9.47 Å². The number of rotatable bonds is 6. The van der Waals surface area contributed by atoms with E-state index in [0.29, 0.717) is 6.42 Å². The first-order chi connectivity index (χ1) is 10.7. The van der Waals surface area contributed by atoms with Crippen LogP contribution in [0.3, 0.4) is 0 Å². The van der Waals surface area contributed by atoms with Crippen molar-refractivity contribution in [1.82, 2.24) is 10.3 Å². The lowest BCUT2D eigenvalue weighted by Crippen LogP contribution is -2.42. The van der Waals surface area contributed by atoms with Crippen LogP contribution in [0.1, 0.15) is 45.5 Å². The smallest absolute Gasteiger partial charge is 0.408 e. The van der Waals surface area contributed by atoms with E-state index in [-0.39, 0.29) is 6.61 Å². The molecule has 1 N–H and O–H groups in total. The molecule has 1 amide bonds. The van der Waals surface area contributed by atoms with Crippen molar-refractivity contribution in [3.8, 4) is 0 Å². The molecule has 1 aromatic heterocycles. The molecule has 0 radical (unpaired) electrons. The largest absolute Gasteiger partial charge is 0.464 e. The summed E-state index contributed by atoms with van der Waals surface area (Å²) in [6.45, 7) is 9.06. The Kier molecular flexibility index (Phi) is 7.00. The summed E-state index contributed by atoms with van der Waals surface area (Å²) in [6.07, 6.45) is 0.787. The molecule has 0 saturated heterocycles. The molecule has 0 aromatic carbocycles. The molecule has 0 fully saturated rings. The van der Waals surface area contributed by atoms with Crippen molar-refractivity contribution in [3.05, 3.63) is 29.6 Å². The third-order valence-electron chi connectivity index (χ3n) is 2.85. The highest BCUT2D eigenvalue weighted by atomic mass is 16.6. The topological polar surface area (TPSA) is 77.5 Å². The second kappa shape index (κ2) is 8.50. The van der Waals surface area contributed by atoms with Crippen molar-refractivity contribution >= 4 is 12.1 Å². The zero-order valence-corrected chi connectivity index (χ0v) is 14.5. The van der Waals surface area contributed by atoms with Crippen LogP contribution in [-0.4, -0.2) is 35.3 Å². The highest BCUT2D eigenvalue weighted by molar-refractivity contribution is 5.80. The highest BCUT2D eigenvalue weighted by Crippen LogP contribution is 2.07. The Morgan fingerprint density at radius 3 is 2.61 bits per heavy atom. The summed E-state index contributed by atoms with van der Waals surface area (Å²) in [5, 5.41) is 2.45. The average molecular weight is 322 g/mol. The number of hydrogen-bond acceptors (Lipinski definition) is 5. The summed E-state index contributed by atoms with van der Waals surface area (Å²) >= 11 is 0. The number of aromatic nitrogens is 1. The second-order valence-electron chi connectivity index (χ2n) is 6.41. The van der Waals surface area contributed by atoms with Gasteiger partial charge in [0.1, 0.15) is 11.6 Å². The molecule has 128 valence electrons. The quantitative estimate of drug-likeness (QED) is 0.643. The van der Waals surface area contributed by atoms with Crippen LogP contribution in [0.15, 0.2) is 18.2 Å². The predicted molar refractivity (Wildman–Crippen MR) is 87.1 cm³/mol. The summed E-state index contributed by atoms with van der Waals surface area (Å²) in [7, 11) is 0. The Labute approximate surface area is 137 Å². The molecule has 0 aliphatic rings. The van der Waals surface area contributed by atoms with Crippen molar-refractivity contribution in [3.63, 3.8) is 0 Å². The van der Waals surface area contributed by atoms with Gasteiger partial charge < -0.3 is 14.8 Å². The van der Waals surface area contributed by atoms with Crippen molar-refractivity contribution in [1.29, 1.82) is 0 Å². The van der Waals surface area contributed by atoms with Gasteiger partial charge in [0.25, 0.3) is 0 Å². The van der Waals surface area contributed by atoms with E-state index in [1.54, 1.807) is 27.7 Å². The molecule has 23 heavy (non-hydrogen) atoms. The Balaban J connectivity index is 2.26. The third-order valence-corrected chi connectivity index (χ3v) is 2.85. The predicted octanol–water partition coefficient (Wildman–Crippen LogP) is 2.78. The van der Waals surface area contributed by atoms with E-state index >= 15 is 0 Å². The Morgan fingerprint density at radius 1 is 1.30 bits per heavy atom. The van der Waals surface area contributed by atoms with Gasteiger partial charge in [-0.25, -0.2) is 9.59 Å². The Hall–Kier alpha value is -2.11. The van der Waals surface area contributed by atoms with Crippen LogP contribution >= 0.6 is 0 Å². The normalized spacial score (nSPS) is 12.4. The van der Waals surface area contributed by atoms with Gasteiger partial charge in [0.05, 0.1) is 6.61 Å². The highest BCUT2D eigenvalue weighted by Gasteiger charge is 2.21. The van der Waals surface area contributed by atoms with Gasteiger partial charge in [-0.15, -0.1) is 0 Å². The maximum Gasteiger partial charge on any atom is 0.408 e. The molecule has 1 unspecified atom stereocenters. The van der Waals surface area contributed by atoms with Crippen LogP contribution in [0.25, 0.3) is 0 Å². The molecule has 6 nitrogen and oxygen atoms in total. The van der Waals surface area contributed by atoms with Crippen molar-refractivity contribution in [2.45, 2.75) is 59.1 Å². The minimum Gasteiger partial charge on any atom is -0.464 e. The molecule has 0 bridgehead atoms. The van der Waals surface area contributed by atoms with Gasteiger partial charge in [0, 0.05) is 11.4 Å². The number of ether oxygens (including phenoxy) is 2. The average Bonchev–Trinajstić information content (AvgIpc) is 2.41. The maximum atomic E-state index is 11.8. The van der Waals surface area contributed by atoms with Gasteiger partial charge in [0.2, 0.25) is 0 Å².